The van der Waals surface area contributed by atoms with Crippen molar-refractivity contribution in [1.29, 1.82) is 0 Å². The van der Waals surface area contributed by atoms with E-state index in [1.807, 2.05) is 6.92 Å². The molecule has 1 aliphatic rings. The average Bonchev–Trinajstić information content (AvgIpc) is 2.48. The molecule has 1 N–H and O–H groups in total. The van der Waals surface area contributed by atoms with Gasteiger partial charge in [-0.2, -0.15) is 4.31 Å². The molecule has 0 aliphatic carbocycles. The van der Waals surface area contributed by atoms with E-state index < -0.39 is 10.0 Å². The molecule has 1 heterocycles. The molecule has 1 saturated heterocycles. The van der Waals surface area contributed by atoms with Crippen LogP contribution in [0.15, 0.2) is 35.2 Å². The highest BCUT2D eigenvalue weighted by Gasteiger charge is 2.28. The number of hydrogen-bond acceptors (Lipinski definition) is 4. The van der Waals surface area contributed by atoms with Crippen molar-refractivity contribution in [2.75, 3.05) is 33.2 Å². The number of amides is 1. The van der Waals surface area contributed by atoms with Crippen LogP contribution in [-0.2, 0) is 14.8 Å². The summed E-state index contributed by atoms with van der Waals surface area (Å²) in [4.78, 5) is 14.2. The van der Waals surface area contributed by atoms with E-state index in [0.29, 0.717) is 6.54 Å². The maximum atomic E-state index is 12.4. The Morgan fingerprint density at radius 2 is 2.05 bits per heavy atom. The molecule has 6 nitrogen and oxygen atoms in total. The second-order valence-electron chi connectivity index (χ2n) is 5.21. The molecule has 1 aromatic carbocycles. The number of nitrogens with zero attached hydrogens (tertiary/aromatic N) is 2. The monoisotopic (exact) mass is 311 g/mol. The lowest BCUT2D eigenvalue weighted by Gasteiger charge is -2.34. The van der Waals surface area contributed by atoms with Crippen molar-refractivity contribution in [3.63, 3.8) is 0 Å². The Hall–Kier alpha value is -1.44. The minimum Gasteiger partial charge on any atom is -0.336 e. The minimum absolute atomic E-state index is 0.0825. The van der Waals surface area contributed by atoms with Gasteiger partial charge >= 0.3 is 0 Å². The molecular formula is C14H21N3O3S. The number of sulfonamides is 1. The zero-order valence-electron chi connectivity index (χ0n) is 12.3. The van der Waals surface area contributed by atoms with Crippen LogP contribution in [0.2, 0.25) is 0 Å². The van der Waals surface area contributed by atoms with Crippen molar-refractivity contribution in [3.8, 4) is 0 Å². The fourth-order valence-electron chi connectivity index (χ4n) is 2.35. The molecule has 1 amide bonds. The maximum absolute atomic E-state index is 12.4. The van der Waals surface area contributed by atoms with Crippen LogP contribution in [-0.4, -0.2) is 62.8 Å². The first kappa shape index (κ1) is 15.9. The minimum atomic E-state index is -3.62. The predicted molar refractivity (Wildman–Crippen MR) is 80.3 cm³/mol. The zero-order chi connectivity index (χ0) is 15.5. The normalized spacial score (nSPS) is 19.8. The third kappa shape index (κ3) is 3.61. The Bertz CT molecular complexity index is 589. The standard InChI is InChI=1S/C14H21N3O3S/c1-12-10-15-8-9-17(12)14(18)11-16(2)21(19,20)13-6-4-3-5-7-13/h3-7,12,15H,8-11H2,1-2H3/t12-/m0/s1. The van der Waals surface area contributed by atoms with E-state index in [9.17, 15) is 13.2 Å². The van der Waals surface area contributed by atoms with Gasteiger partial charge in [0.25, 0.3) is 0 Å². The van der Waals surface area contributed by atoms with Crippen LogP contribution in [0.25, 0.3) is 0 Å². The van der Waals surface area contributed by atoms with E-state index in [2.05, 4.69) is 5.32 Å². The topological polar surface area (TPSA) is 69.7 Å². The third-order valence-electron chi connectivity index (χ3n) is 3.63. The lowest BCUT2D eigenvalue weighted by Crippen LogP contribution is -2.54. The quantitative estimate of drug-likeness (QED) is 0.858. The second-order valence-corrected chi connectivity index (χ2v) is 7.26. The van der Waals surface area contributed by atoms with E-state index in [-0.39, 0.29) is 23.4 Å². The molecular weight excluding hydrogens is 290 g/mol. The molecule has 116 valence electrons. The van der Waals surface area contributed by atoms with Gasteiger partial charge in [-0.1, -0.05) is 18.2 Å². The van der Waals surface area contributed by atoms with Gasteiger partial charge in [-0.3, -0.25) is 4.79 Å². The van der Waals surface area contributed by atoms with Crippen molar-refractivity contribution in [3.05, 3.63) is 30.3 Å². The van der Waals surface area contributed by atoms with Crippen molar-refractivity contribution < 1.29 is 13.2 Å². The van der Waals surface area contributed by atoms with Crippen LogP contribution < -0.4 is 5.32 Å². The number of likely N-dealkylation sites (N-methyl/N-ethyl adjacent to an activating group) is 1. The number of carbonyl (C=O) groups excluding carboxylic acids is 1. The molecule has 0 spiro atoms. The van der Waals surface area contributed by atoms with E-state index >= 15 is 0 Å². The van der Waals surface area contributed by atoms with Gasteiger partial charge in [-0.15, -0.1) is 0 Å². The van der Waals surface area contributed by atoms with E-state index in [0.717, 1.165) is 17.4 Å². The summed E-state index contributed by atoms with van der Waals surface area (Å²) >= 11 is 0. The van der Waals surface area contributed by atoms with E-state index in [1.54, 1.807) is 23.1 Å². The van der Waals surface area contributed by atoms with Crippen molar-refractivity contribution in [2.24, 2.45) is 0 Å². The molecule has 1 atom stereocenters. The fraction of sp³-hybridized carbons (Fsp3) is 0.500. The van der Waals surface area contributed by atoms with E-state index in [4.69, 9.17) is 0 Å². The summed E-state index contributed by atoms with van der Waals surface area (Å²) in [6.07, 6.45) is 0. The molecule has 1 fully saturated rings. The molecule has 1 aromatic rings. The number of carbonyl (C=O) groups is 1. The summed E-state index contributed by atoms with van der Waals surface area (Å²) in [5.74, 6) is -0.161. The summed E-state index contributed by atoms with van der Waals surface area (Å²) < 4.78 is 25.9. The Labute approximate surface area is 125 Å². The van der Waals surface area contributed by atoms with Crippen LogP contribution in [0.3, 0.4) is 0 Å². The Morgan fingerprint density at radius 3 is 2.67 bits per heavy atom. The van der Waals surface area contributed by atoms with Gasteiger partial charge in [0.2, 0.25) is 15.9 Å². The number of hydrogen-bond donors (Lipinski definition) is 1. The SMILES string of the molecule is C[C@H]1CNCCN1C(=O)CN(C)S(=O)(=O)c1ccccc1. The van der Waals surface area contributed by atoms with Gasteiger partial charge in [0, 0.05) is 32.7 Å². The number of piperazine rings is 1. The van der Waals surface area contributed by atoms with Gasteiger partial charge in [0.15, 0.2) is 0 Å². The molecule has 0 unspecified atom stereocenters. The van der Waals surface area contributed by atoms with Crippen molar-refractivity contribution >= 4 is 15.9 Å². The fourth-order valence-corrected chi connectivity index (χ4v) is 3.49. The number of benzene rings is 1. The van der Waals surface area contributed by atoms with Crippen LogP contribution in [0.1, 0.15) is 6.92 Å². The van der Waals surface area contributed by atoms with Gasteiger partial charge < -0.3 is 10.2 Å². The van der Waals surface area contributed by atoms with E-state index in [1.165, 1.54) is 19.2 Å². The molecule has 21 heavy (non-hydrogen) atoms. The molecule has 2 rings (SSSR count). The largest absolute Gasteiger partial charge is 0.336 e. The van der Waals surface area contributed by atoms with Crippen LogP contribution in [0, 0.1) is 0 Å². The zero-order valence-corrected chi connectivity index (χ0v) is 13.1. The summed E-state index contributed by atoms with van der Waals surface area (Å²) in [6.45, 7) is 3.91. The third-order valence-corrected chi connectivity index (χ3v) is 5.45. The maximum Gasteiger partial charge on any atom is 0.243 e. The molecule has 0 saturated carbocycles. The highest BCUT2D eigenvalue weighted by Crippen LogP contribution is 2.14. The first-order valence-corrected chi connectivity index (χ1v) is 8.38. The van der Waals surface area contributed by atoms with Gasteiger partial charge in [0.05, 0.1) is 11.4 Å². The second kappa shape index (κ2) is 6.55. The van der Waals surface area contributed by atoms with Crippen molar-refractivity contribution in [1.82, 2.24) is 14.5 Å². The van der Waals surface area contributed by atoms with Crippen molar-refractivity contribution in [2.45, 2.75) is 17.9 Å². The summed E-state index contributed by atoms with van der Waals surface area (Å²) in [5, 5.41) is 3.20. The highest BCUT2D eigenvalue weighted by atomic mass is 32.2. The lowest BCUT2D eigenvalue weighted by atomic mass is 10.2. The van der Waals surface area contributed by atoms with Gasteiger partial charge in [-0.25, -0.2) is 8.42 Å². The number of rotatable bonds is 4. The Balaban J connectivity index is 2.07. The average molecular weight is 311 g/mol. The number of nitrogens with one attached hydrogen (secondary N) is 1. The van der Waals surface area contributed by atoms with Crippen LogP contribution in [0.4, 0.5) is 0 Å². The molecule has 0 radical (unpaired) electrons. The van der Waals surface area contributed by atoms with Gasteiger partial charge in [-0.05, 0) is 19.1 Å². The summed E-state index contributed by atoms with van der Waals surface area (Å²) in [6, 6.07) is 8.24. The first-order chi connectivity index (χ1) is 9.93. The van der Waals surface area contributed by atoms with Gasteiger partial charge in [0.1, 0.15) is 0 Å². The lowest BCUT2D eigenvalue weighted by molar-refractivity contribution is -0.133. The molecule has 1 aliphatic heterocycles. The Morgan fingerprint density at radius 1 is 1.38 bits per heavy atom. The van der Waals surface area contributed by atoms with Crippen LogP contribution in [0.5, 0.6) is 0 Å². The van der Waals surface area contributed by atoms with Crippen LogP contribution >= 0.6 is 0 Å². The predicted octanol–water partition coefficient (Wildman–Crippen LogP) is 0.127. The smallest absolute Gasteiger partial charge is 0.243 e. The molecule has 0 bridgehead atoms. The molecule has 0 aromatic heterocycles. The summed E-state index contributed by atoms with van der Waals surface area (Å²) in [7, 11) is -2.18. The first-order valence-electron chi connectivity index (χ1n) is 6.94. The Kier molecular flexibility index (Phi) is 4.97. The highest BCUT2D eigenvalue weighted by molar-refractivity contribution is 7.89. The molecule has 7 heteroatoms. The summed E-state index contributed by atoms with van der Waals surface area (Å²) in [5.41, 5.74) is 0.